The molecule has 2 unspecified atom stereocenters. The summed E-state index contributed by atoms with van der Waals surface area (Å²) in [6.07, 6.45) is 15.7. The Morgan fingerprint density at radius 2 is 1.25 bits per heavy atom. The lowest BCUT2D eigenvalue weighted by Gasteiger charge is -2.28. The molecule has 0 N–H and O–H groups in total. The van der Waals surface area contributed by atoms with Crippen LogP contribution in [0.5, 0.6) is 11.5 Å². The molecule has 0 aliphatic heterocycles. The highest BCUT2D eigenvalue weighted by molar-refractivity contribution is 5.83. The second-order valence-corrected chi connectivity index (χ2v) is 8.94. The van der Waals surface area contributed by atoms with Gasteiger partial charge >= 0.3 is 11.9 Å². The summed E-state index contributed by atoms with van der Waals surface area (Å²) in [5, 5.41) is 0. The minimum Gasteiger partial charge on any atom is -0.497 e. The maximum absolute atomic E-state index is 12.7. The van der Waals surface area contributed by atoms with Crippen LogP contribution in [0.4, 0.5) is 0 Å². The molecule has 1 aromatic carbocycles. The SMILES string of the molecule is CCCCCCCCCCCCOC(=O)C1CCCCC1C(=O)Oc1ccc(OC)cc1. The van der Waals surface area contributed by atoms with Crippen molar-refractivity contribution in [2.45, 2.75) is 96.8 Å². The molecule has 5 heteroatoms. The second-order valence-electron chi connectivity index (χ2n) is 8.94. The molecule has 0 amide bonds. The maximum Gasteiger partial charge on any atom is 0.315 e. The van der Waals surface area contributed by atoms with Crippen LogP contribution in [0.2, 0.25) is 0 Å². The van der Waals surface area contributed by atoms with E-state index in [2.05, 4.69) is 6.92 Å². The van der Waals surface area contributed by atoms with Crippen LogP contribution in [-0.2, 0) is 14.3 Å². The van der Waals surface area contributed by atoms with Gasteiger partial charge in [0.05, 0.1) is 25.6 Å². The zero-order valence-electron chi connectivity index (χ0n) is 20.1. The number of esters is 2. The fraction of sp³-hybridized carbons (Fsp3) is 0.704. The number of unbranched alkanes of at least 4 members (excludes halogenated alkanes) is 9. The van der Waals surface area contributed by atoms with Gasteiger partial charge in [0.15, 0.2) is 0 Å². The number of hydrogen-bond donors (Lipinski definition) is 0. The zero-order valence-corrected chi connectivity index (χ0v) is 20.1. The van der Waals surface area contributed by atoms with E-state index in [1.54, 1.807) is 31.4 Å². The molecule has 180 valence electrons. The molecule has 1 aliphatic rings. The highest BCUT2D eigenvalue weighted by Gasteiger charge is 2.38. The molecule has 32 heavy (non-hydrogen) atoms. The van der Waals surface area contributed by atoms with E-state index in [4.69, 9.17) is 14.2 Å². The van der Waals surface area contributed by atoms with Crippen LogP contribution >= 0.6 is 0 Å². The van der Waals surface area contributed by atoms with Crippen LogP contribution in [-0.4, -0.2) is 25.7 Å². The zero-order chi connectivity index (χ0) is 23.0. The lowest BCUT2D eigenvalue weighted by molar-refractivity contribution is -0.158. The number of hydrogen-bond acceptors (Lipinski definition) is 5. The summed E-state index contributed by atoms with van der Waals surface area (Å²) >= 11 is 0. The summed E-state index contributed by atoms with van der Waals surface area (Å²) in [6.45, 7) is 2.70. The molecule has 1 aromatic rings. The van der Waals surface area contributed by atoms with Gasteiger partial charge < -0.3 is 14.2 Å². The molecule has 0 spiro atoms. The van der Waals surface area contributed by atoms with E-state index in [0.717, 1.165) is 25.7 Å². The number of ether oxygens (including phenoxy) is 3. The van der Waals surface area contributed by atoms with Crippen molar-refractivity contribution < 1.29 is 23.8 Å². The van der Waals surface area contributed by atoms with Gasteiger partial charge in [-0.1, -0.05) is 77.6 Å². The predicted molar refractivity (Wildman–Crippen MR) is 127 cm³/mol. The number of carbonyl (C=O) groups excluding carboxylic acids is 2. The van der Waals surface area contributed by atoms with E-state index in [0.29, 0.717) is 30.9 Å². The standard InChI is InChI=1S/C27H42O5/c1-3-4-5-6-7-8-9-10-11-14-21-31-26(28)24-15-12-13-16-25(24)27(29)32-23-19-17-22(30-2)18-20-23/h17-20,24-25H,3-16,21H2,1-2H3. The molecule has 5 nitrogen and oxygen atoms in total. The van der Waals surface area contributed by atoms with Crippen LogP contribution in [0, 0.1) is 11.8 Å². The normalized spacial score (nSPS) is 18.2. The fourth-order valence-corrected chi connectivity index (χ4v) is 4.40. The Morgan fingerprint density at radius 3 is 1.81 bits per heavy atom. The Balaban J connectivity index is 1.65. The van der Waals surface area contributed by atoms with E-state index >= 15 is 0 Å². The first-order valence-corrected chi connectivity index (χ1v) is 12.7. The van der Waals surface area contributed by atoms with Crippen molar-refractivity contribution in [3.8, 4) is 11.5 Å². The van der Waals surface area contributed by atoms with Crippen LogP contribution in [0.15, 0.2) is 24.3 Å². The molecular formula is C27H42O5. The van der Waals surface area contributed by atoms with Gasteiger partial charge in [0, 0.05) is 0 Å². The van der Waals surface area contributed by atoms with Gasteiger partial charge in [0.25, 0.3) is 0 Å². The van der Waals surface area contributed by atoms with Crippen molar-refractivity contribution in [1.82, 2.24) is 0 Å². The molecule has 1 saturated carbocycles. The number of rotatable bonds is 15. The van der Waals surface area contributed by atoms with Crippen molar-refractivity contribution in [2.24, 2.45) is 11.8 Å². The smallest absolute Gasteiger partial charge is 0.315 e. The predicted octanol–water partition coefficient (Wildman–Crippen LogP) is 6.87. The largest absolute Gasteiger partial charge is 0.497 e. The maximum atomic E-state index is 12.7. The van der Waals surface area contributed by atoms with E-state index in [1.807, 2.05) is 0 Å². The van der Waals surface area contributed by atoms with E-state index < -0.39 is 11.8 Å². The van der Waals surface area contributed by atoms with Crippen LogP contribution < -0.4 is 9.47 Å². The van der Waals surface area contributed by atoms with Crippen LogP contribution in [0.25, 0.3) is 0 Å². The van der Waals surface area contributed by atoms with Crippen molar-refractivity contribution in [3.63, 3.8) is 0 Å². The third-order valence-corrected chi connectivity index (χ3v) is 6.39. The van der Waals surface area contributed by atoms with Crippen molar-refractivity contribution in [1.29, 1.82) is 0 Å². The van der Waals surface area contributed by atoms with E-state index in [1.165, 1.54) is 51.4 Å². The quantitative estimate of drug-likeness (QED) is 0.167. The summed E-state index contributed by atoms with van der Waals surface area (Å²) in [5.41, 5.74) is 0. The molecule has 0 bridgehead atoms. The summed E-state index contributed by atoms with van der Waals surface area (Å²) in [6, 6.07) is 6.92. The van der Waals surface area contributed by atoms with Gasteiger partial charge in [0.2, 0.25) is 0 Å². The highest BCUT2D eigenvalue weighted by Crippen LogP contribution is 2.32. The summed E-state index contributed by atoms with van der Waals surface area (Å²) in [7, 11) is 1.59. The van der Waals surface area contributed by atoms with Crippen LogP contribution in [0.3, 0.4) is 0 Å². The van der Waals surface area contributed by atoms with Crippen molar-refractivity contribution in [2.75, 3.05) is 13.7 Å². The van der Waals surface area contributed by atoms with Gasteiger partial charge in [-0.05, 0) is 43.5 Å². The molecule has 0 heterocycles. The van der Waals surface area contributed by atoms with E-state index in [-0.39, 0.29) is 11.9 Å². The molecule has 2 atom stereocenters. The van der Waals surface area contributed by atoms with E-state index in [9.17, 15) is 9.59 Å². The topological polar surface area (TPSA) is 61.8 Å². The van der Waals surface area contributed by atoms with Crippen molar-refractivity contribution >= 4 is 11.9 Å². The van der Waals surface area contributed by atoms with Gasteiger partial charge in [-0.25, -0.2) is 0 Å². The van der Waals surface area contributed by atoms with Crippen molar-refractivity contribution in [3.05, 3.63) is 24.3 Å². The molecule has 0 saturated heterocycles. The third-order valence-electron chi connectivity index (χ3n) is 6.39. The lowest BCUT2D eigenvalue weighted by Crippen LogP contribution is -2.36. The molecule has 1 aliphatic carbocycles. The molecule has 0 aromatic heterocycles. The Hall–Kier alpha value is -2.04. The number of methoxy groups -OCH3 is 1. The lowest BCUT2D eigenvalue weighted by atomic mass is 9.79. The van der Waals surface area contributed by atoms with Gasteiger partial charge in [-0.15, -0.1) is 0 Å². The van der Waals surface area contributed by atoms with Crippen LogP contribution in [0.1, 0.15) is 96.8 Å². The molecular weight excluding hydrogens is 404 g/mol. The van der Waals surface area contributed by atoms with Gasteiger partial charge in [0.1, 0.15) is 11.5 Å². The van der Waals surface area contributed by atoms with Gasteiger partial charge in [-0.2, -0.15) is 0 Å². The molecule has 1 fully saturated rings. The monoisotopic (exact) mass is 446 g/mol. The molecule has 0 radical (unpaired) electrons. The minimum absolute atomic E-state index is 0.239. The summed E-state index contributed by atoms with van der Waals surface area (Å²) in [5.74, 6) is -0.216. The second kappa shape index (κ2) is 15.7. The average Bonchev–Trinajstić information content (AvgIpc) is 2.83. The first kappa shape index (κ1) is 26.2. The Bertz CT molecular complexity index is 655. The first-order valence-electron chi connectivity index (χ1n) is 12.7. The highest BCUT2D eigenvalue weighted by atomic mass is 16.5. The number of benzene rings is 1. The summed E-state index contributed by atoms with van der Waals surface area (Å²) in [4.78, 5) is 25.4. The van der Waals surface area contributed by atoms with Gasteiger partial charge in [-0.3, -0.25) is 9.59 Å². The summed E-state index contributed by atoms with van der Waals surface area (Å²) < 4.78 is 16.2. The fourth-order valence-electron chi connectivity index (χ4n) is 4.40. The third kappa shape index (κ3) is 9.62. The Labute approximate surface area is 194 Å². The molecule has 2 rings (SSSR count). The Kier molecular flexibility index (Phi) is 12.9. The first-order chi connectivity index (χ1) is 15.7. The average molecular weight is 447 g/mol. The minimum atomic E-state index is -0.425. The number of carbonyl (C=O) groups is 2. The Morgan fingerprint density at radius 1 is 0.750 bits per heavy atom.